The minimum atomic E-state index is 0.0514. The first-order valence-electron chi connectivity index (χ1n) is 5.95. The summed E-state index contributed by atoms with van der Waals surface area (Å²) in [6.45, 7) is 6.96. The summed E-state index contributed by atoms with van der Waals surface area (Å²) >= 11 is 3.46. The molecule has 92 valence electrons. The molecule has 1 aliphatic rings. The molecular weight excluding hydrogens is 280 g/mol. The largest absolute Gasteiger partial charge is 0.493 e. The van der Waals surface area contributed by atoms with Crippen molar-refractivity contribution in [2.75, 3.05) is 6.61 Å². The first-order valence-corrected chi connectivity index (χ1v) is 6.75. The van der Waals surface area contributed by atoms with Gasteiger partial charge in [0.1, 0.15) is 5.75 Å². The van der Waals surface area contributed by atoms with Gasteiger partial charge in [-0.25, -0.2) is 0 Å². The lowest BCUT2D eigenvalue weighted by atomic mass is 9.72. The zero-order chi connectivity index (χ0) is 12.6. The van der Waals surface area contributed by atoms with E-state index in [2.05, 4.69) is 29.8 Å². The van der Waals surface area contributed by atoms with E-state index in [1.54, 1.807) is 0 Å². The van der Waals surface area contributed by atoms with Gasteiger partial charge in [-0.3, -0.25) is 4.79 Å². The molecular formula is C14H17BrO2. The van der Waals surface area contributed by atoms with Crippen molar-refractivity contribution in [1.82, 2.24) is 0 Å². The van der Waals surface area contributed by atoms with Crippen LogP contribution >= 0.6 is 15.9 Å². The molecule has 0 fully saturated rings. The predicted molar refractivity (Wildman–Crippen MR) is 71.9 cm³/mol. The second kappa shape index (κ2) is 4.45. The molecule has 1 aromatic rings. The summed E-state index contributed by atoms with van der Waals surface area (Å²) in [6.07, 6.45) is 1.55. The quantitative estimate of drug-likeness (QED) is 0.821. The van der Waals surface area contributed by atoms with E-state index in [0.717, 1.165) is 27.8 Å². The number of benzene rings is 1. The molecule has 3 heteroatoms. The van der Waals surface area contributed by atoms with Gasteiger partial charge >= 0.3 is 0 Å². The molecule has 2 rings (SSSR count). The van der Waals surface area contributed by atoms with E-state index in [1.807, 2.05) is 19.1 Å². The topological polar surface area (TPSA) is 26.3 Å². The number of ether oxygens (including phenoxy) is 1. The molecule has 0 aliphatic heterocycles. The van der Waals surface area contributed by atoms with Crippen LogP contribution in [0.15, 0.2) is 16.6 Å². The lowest BCUT2D eigenvalue weighted by molar-refractivity contribution is 0.0956. The van der Waals surface area contributed by atoms with Crippen molar-refractivity contribution in [3.05, 3.63) is 27.7 Å². The van der Waals surface area contributed by atoms with Crippen LogP contribution in [0.5, 0.6) is 5.75 Å². The van der Waals surface area contributed by atoms with Gasteiger partial charge in [0.05, 0.1) is 11.1 Å². The van der Waals surface area contributed by atoms with Gasteiger partial charge in [0.25, 0.3) is 0 Å². The second-order valence-electron chi connectivity index (χ2n) is 5.07. The number of carbonyl (C=O) groups excluding carboxylic acids is 1. The summed E-state index contributed by atoms with van der Waals surface area (Å²) in [5.74, 6) is 1.07. The summed E-state index contributed by atoms with van der Waals surface area (Å²) in [6, 6.07) is 3.92. The molecule has 0 radical (unpaired) electrons. The zero-order valence-electron chi connectivity index (χ0n) is 10.5. The smallest absolute Gasteiger partial charge is 0.163 e. The highest BCUT2D eigenvalue weighted by molar-refractivity contribution is 9.10. The number of ketones is 1. The molecule has 0 spiro atoms. The Morgan fingerprint density at radius 2 is 2.12 bits per heavy atom. The molecule has 0 unspecified atom stereocenters. The molecule has 0 saturated carbocycles. The highest BCUT2D eigenvalue weighted by Crippen LogP contribution is 2.41. The first kappa shape index (κ1) is 12.6. The van der Waals surface area contributed by atoms with Crippen molar-refractivity contribution in [2.45, 2.75) is 39.0 Å². The SMILES string of the molecule is CCOc1cc2c(cc1Br)C(=O)CCC2(C)C. The molecule has 2 nitrogen and oxygen atoms in total. The number of hydrogen-bond acceptors (Lipinski definition) is 2. The summed E-state index contributed by atoms with van der Waals surface area (Å²) in [5.41, 5.74) is 2.01. The number of halogens is 1. The van der Waals surface area contributed by atoms with Crippen molar-refractivity contribution in [3.8, 4) is 5.75 Å². The van der Waals surface area contributed by atoms with E-state index in [9.17, 15) is 4.79 Å². The molecule has 0 heterocycles. The monoisotopic (exact) mass is 296 g/mol. The molecule has 0 N–H and O–H groups in total. The maximum Gasteiger partial charge on any atom is 0.163 e. The number of hydrogen-bond donors (Lipinski definition) is 0. The molecule has 0 bridgehead atoms. The van der Waals surface area contributed by atoms with Crippen LogP contribution in [0.2, 0.25) is 0 Å². The minimum absolute atomic E-state index is 0.0514. The Kier molecular flexibility index (Phi) is 3.30. The fraction of sp³-hybridized carbons (Fsp3) is 0.500. The minimum Gasteiger partial charge on any atom is -0.493 e. The third-order valence-corrected chi connectivity index (χ3v) is 4.00. The van der Waals surface area contributed by atoms with Gasteiger partial charge in [-0.1, -0.05) is 13.8 Å². The summed E-state index contributed by atoms with van der Waals surface area (Å²) in [4.78, 5) is 11.9. The van der Waals surface area contributed by atoms with E-state index < -0.39 is 0 Å². The molecule has 0 amide bonds. The zero-order valence-corrected chi connectivity index (χ0v) is 12.1. The number of fused-ring (bicyclic) bond motifs is 1. The van der Waals surface area contributed by atoms with Gasteiger partial charge in [0, 0.05) is 12.0 Å². The normalized spacial score (nSPS) is 17.8. The lowest BCUT2D eigenvalue weighted by Crippen LogP contribution is -2.27. The summed E-state index contributed by atoms with van der Waals surface area (Å²) in [5, 5.41) is 0. The van der Waals surface area contributed by atoms with Crippen molar-refractivity contribution < 1.29 is 9.53 Å². The Bertz CT molecular complexity index is 464. The van der Waals surface area contributed by atoms with Crippen molar-refractivity contribution in [2.24, 2.45) is 0 Å². The van der Waals surface area contributed by atoms with E-state index in [4.69, 9.17) is 4.74 Å². The maximum atomic E-state index is 11.9. The second-order valence-corrected chi connectivity index (χ2v) is 5.92. The van der Waals surface area contributed by atoms with Gasteiger partial charge in [-0.2, -0.15) is 0 Å². The Balaban J connectivity index is 2.58. The third-order valence-electron chi connectivity index (χ3n) is 3.38. The summed E-state index contributed by atoms with van der Waals surface area (Å²) < 4.78 is 6.44. The lowest BCUT2D eigenvalue weighted by Gasteiger charge is -2.32. The van der Waals surface area contributed by atoms with E-state index in [0.29, 0.717) is 13.0 Å². The Morgan fingerprint density at radius 1 is 1.41 bits per heavy atom. The fourth-order valence-corrected chi connectivity index (χ4v) is 2.76. The number of carbonyl (C=O) groups is 1. The third kappa shape index (κ3) is 2.25. The standard InChI is InChI=1S/C14H17BrO2/c1-4-17-13-8-10-9(7-11(13)15)12(16)5-6-14(10,2)3/h7-8H,4-6H2,1-3H3. The van der Waals surface area contributed by atoms with Crippen LogP contribution in [0, 0.1) is 0 Å². The van der Waals surface area contributed by atoms with Crippen LogP contribution in [-0.4, -0.2) is 12.4 Å². The van der Waals surface area contributed by atoms with E-state index in [-0.39, 0.29) is 11.2 Å². The van der Waals surface area contributed by atoms with Crippen LogP contribution in [0.25, 0.3) is 0 Å². The van der Waals surface area contributed by atoms with E-state index >= 15 is 0 Å². The van der Waals surface area contributed by atoms with Crippen molar-refractivity contribution in [3.63, 3.8) is 0 Å². The molecule has 17 heavy (non-hydrogen) atoms. The first-order chi connectivity index (χ1) is 7.95. The Hall–Kier alpha value is -0.830. The van der Waals surface area contributed by atoms with Crippen molar-refractivity contribution in [1.29, 1.82) is 0 Å². The molecule has 0 aromatic heterocycles. The number of Topliss-reactive ketones (excluding diaryl/α,β-unsaturated/α-hetero) is 1. The average molecular weight is 297 g/mol. The predicted octanol–water partition coefficient (Wildman–Crippen LogP) is 4.10. The van der Waals surface area contributed by atoms with Crippen LogP contribution in [0.1, 0.15) is 49.5 Å². The van der Waals surface area contributed by atoms with Crippen LogP contribution in [0.4, 0.5) is 0 Å². The van der Waals surface area contributed by atoms with Gasteiger partial charge in [-0.05, 0) is 52.4 Å². The highest BCUT2D eigenvalue weighted by Gasteiger charge is 2.32. The van der Waals surface area contributed by atoms with Crippen LogP contribution < -0.4 is 4.74 Å². The highest BCUT2D eigenvalue weighted by atomic mass is 79.9. The summed E-state index contributed by atoms with van der Waals surface area (Å²) in [7, 11) is 0. The van der Waals surface area contributed by atoms with Crippen molar-refractivity contribution >= 4 is 21.7 Å². The van der Waals surface area contributed by atoms with Crippen LogP contribution in [0.3, 0.4) is 0 Å². The van der Waals surface area contributed by atoms with Crippen LogP contribution in [-0.2, 0) is 5.41 Å². The average Bonchev–Trinajstić information content (AvgIpc) is 2.27. The Morgan fingerprint density at radius 3 is 2.76 bits per heavy atom. The van der Waals surface area contributed by atoms with Gasteiger partial charge in [0.2, 0.25) is 0 Å². The molecule has 0 atom stereocenters. The molecule has 1 aliphatic carbocycles. The Labute approximate surface area is 110 Å². The van der Waals surface area contributed by atoms with Gasteiger partial charge < -0.3 is 4.74 Å². The van der Waals surface area contributed by atoms with Gasteiger partial charge in [0.15, 0.2) is 5.78 Å². The molecule has 1 aromatic carbocycles. The van der Waals surface area contributed by atoms with Gasteiger partial charge in [-0.15, -0.1) is 0 Å². The number of rotatable bonds is 2. The van der Waals surface area contributed by atoms with E-state index in [1.165, 1.54) is 0 Å². The maximum absolute atomic E-state index is 11.9. The fourth-order valence-electron chi connectivity index (χ4n) is 2.31. The molecule has 0 saturated heterocycles.